The van der Waals surface area contributed by atoms with Crippen molar-refractivity contribution in [3.63, 3.8) is 0 Å². The van der Waals surface area contributed by atoms with Gasteiger partial charge in [-0.15, -0.1) is 0 Å². The van der Waals surface area contributed by atoms with Gasteiger partial charge in [0, 0.05) is 6.08 Å². The number of oxazole rings is 1. The molecule has 0 spiro atoms. The molecule has 1 heterocycles. The van der Waals surface area contributed by atoms with Gasteiger partial charge in [-0.1, -0.05) is 30.3 Å². The van der Waals surface area contributed by atoms with Gasteiger partial charge < -0.3 is 9.73 Å². The molecule has 0 aliphatic carbocycles. The standard InChI is InChI=1S/C15H16N2O2/c1-11(13-6-4-3-5-7-13)8-14(18)16-10-15-17-9-12(2)19-15/h3-9H,10H2,1-2H3,(H,16,18)/b11-8-. The molecule has 0 aliphatic heterocycles. The van der Waals surface area contributed by atoms with Gasteiger partial charge in [0.25, 0.3) is 0 Å². The number of rotatable bonds is 4. The number of carbonyl (C=O) groups is 1. The number of nitrogens with one attached hydrogen (secondary N) is 1. The van der Waals surface area contributed by atoms with E-state index in [1.54, 1.807) is 12.3 Å². The highest BCUT2D eigenvalue weighted by Crippen LogP contribution is 2.12. The third-order valence-electron chi connectivity index (χ3n) is 2.66. The van der Waals surface area contributed by atoms with Gasteiger partial charge in [-0.05, 0) is 25.0 Å². The second kappa shape index (κ2) is 6.00. The van der Waals surface area contributed by atoms with Gasteiger partial charge in [0.05, 0.1) is 12.7 Å². The molecule has 2 aromatic rings. The summed E-state index contributed by atoms with van der Waals surface area (Å²) in [6.45, 7) is 4.02. The van der Waals surface area contributed by atoms with E-state index in [1.165, 1.54) is 0 Å². The molecule has 98 valence electrons. The van der Waals surface area contributed by atoms with E-state index >= 15 is 0 Å². The fourth-order valence-corrected chi connectivity index (χ4v) is 1.68. The van der Waals surface area contributed by atoms with Crippen molar-refractivity contribution in [2.24, 2.45) is 0 Å². The molecule has 0 bridgehead atoms. The summed E-state index contributed by atoms with van der Waals surface area (Å²) in [7, 11) is 0. The number of hydrogen-bond donors (Lipinski definition) is 1. The SMILES string of the molecule is C/C(=C/C(=O)NCc1ncc(C)o1)c1ccccc1. The van der Waals surface area contributed by atoms with Crippen molar-refractivity contribution in [1.82, 2.24) is 10.3 Å². The Morgan fingerprint density at radius 1 is 1.37 bits per heavy atom. The third-order valence-corrected chi connectivity index (χ3v) is 2.66. The Morgan fingerprint density at radius 2 is 2.11 bits per heavy atom. The molecule has 1 aromatic heterocycles. The number of hydrogen-bond acceptors (Lipinski definition) is 3. The first-order valence-corrected chi connectivity index (χ1v) is 6.08. The summed E-state index contributed by atoms with van der Waals surface area (Å²) in [6, 6.07) is 9.77. The Balaban J connectivity index is 1.94. The van der Waals surface area contributed by atoms with E-state index in [9.17, 15) is 4.79 Å². The summed E-state index contributed by atoms with van der Waals surface area (Å²) in [6.07, 6.45) is 3.21. The average Bonchev–Trinajstić information content (AvgIpc) is 2.83. The molecular formula is C15H16N2O2. The molecule has 0 saturated carbocycles. The largest absolute Gasteiger partial charge is 0.444 e. The summed E-state index contributed by atoms with van der Waals surface area (Å²) in [4.78, 5) is 15.8. The van der Waals surface area contributed by atoms with Crippen LogP contribution >= 0.6 is 0 Å². The van der Waals surface area contributed by atoms with E-state index in [4.69, 9.17) is 4.42 Å². The molecule has 0 radical (unpaired) electrons. The first kappa shape index (κ1) is 13.1. The fraction of sp³-hybridized carbons (Fsp3) is 0.200. The van der Waals surface area contributed by atoms with Crippen molar-refractivity contribution < 1.29 is 9.21 Å². The predicted molar refractivity (Wildman–Crippen MR) is 73.2 cm³/mol. The van der Waals surface area contributed by atoms with Gasteiger partial charge >= 0.3 is 0 Å². The summed E-state index contributed by atoms with van der Waals surface area (Å²) in [5.41, 5.74) is 1.95. The molecule has 2 rings (SSSR count). The van der Waals surface area contributed by atoms with Gasteiger partial charge in [0.1, 0.15) is 5.76 Å². The normalized spacial score (nSPS) is 11.4. The minimum Gasteiger partial charge on any atom is -0.444 e. The van der Waals surface area contributed by atoms with E-state index in [2.05, 4.69) is 10.3 Å². The zero-order valence-corrected chi connectivity index (χ0v) is 11.0. The molecule has 4 heteroatoms. The Kier molecular flexibility index (Phi) is 4.13. The highest BCUT2D eigenvalue weighted by Gasteiger charge is 2.03. The number of aryl methyl sites for hydroxylation is 1. The number of carbonyl (C=O) groups excluding carboxylic acids is 1. The highest BCUT2D eigenvalue weighted by atomic mass is 16.4. The highest BCUT2D eigenvalue weighted by molar-refractivity contribution is 5.94. The molecule has 19 heavy (non-hydrogen) atoms. The van der Waals surface area contributed by atoms with Crippen LogP contribution in [0.4, 0.5) is 0 Å². The zero-order chi connectivity index (χ0) is 13.7. The summed E-state index contributed by atoms with van der Waals surface area (Å²) >= 11 is 0. The Hall–Kier alpha value is -2.36. The van der Waals surface area contributed by atoms with Crippen LogP contribution in [-0.2, 0) is 11.3 Å². The van der Waals surface area contributed by atoms with Crippen LogP contribution in [0.25, 0.3) is 5.57 Å². The maximum absolute atomic E-state index is 11.7. The number of nitrogens with zero attached hydrogens (tertiary/aromatic N) is 1. The minimum atomic E-state index is -0.155. The summed E-state index contributed by atoms with van der Waals surface area (Å²) in [5.74, 6) is 1.09. The van der Waals surface area contributed by atoms with Gasteiger partial charge in [-0.3, -0.25) is 4.79 Å². The zero-order valence-electron chi connectivity index (χ0n) is 11.0. The topological polar surface area (TPSA) is 55.1 Å². The molecule has 4 nitrogen and oxygen atoms in total. The Labute approximate surface area is 112 Å². The van der Waals surface area contributed by atoms with E-state index in [-0.39, 0.29) is 5.91 Å². The molecule has 0 aliphatic rings. The van der Waals surface area contributed by atoms with E-state index in [0.717, 1.165) is 16.9 Å². The molecule has 1 amide bonds. The summed E-state index contributed by atoms with van der Waals surface area (Å²) < 4.78 is 5.28. The molecule has 0 atom stereocenters. The third kappa shape index (κ3) is 3.81. The second-order valence-electron chi connectivity index (χ2n) is 4.28. The van der Waals surface area contributed by atoms with Crippen LogP contribution in [0.3, 0.4) is 0 Å². The van der Waals surface area contributed by atoms with Crippen molar-refractivity contribution in [2.45, 2.75) is 20.4 Å². The van der Waals surface area contributed by atoms with Crippen LogP contribution in [0.5, 0.6) is 0 Å². The lowest BCUT2D eigenvalue weighted by molar-refractivity contribution is -0.116. The first-order valence-electron chi connectivity index (χ1n) is 6.08. The number of amides is 1. The quantitative estimate of drug-likeness (QED) is 0.856. The van der Waals surface area contributed by atoms with Crippen molar-refractivity contribution in [3.8, 4) is 0 Å². The van der Waals surface area contributed by atoms with Gasteiger partial charge in [0.15, 0.2) is 0 Å². The smallest absolute Gasteiger partial charge is 0.244 e. The van der Waals surface area contributed by atoms with Crippen LogP contribution in [0, 0.1) is 6.92 Å². The number of allylic oxidation sites excluding steroid dienone is 1. The molecule has 0 fully saturated rings. The maximum Gasteiger partial charge on any atom is 0.244 e. The van der Waals surface area contributed by atoms with Crippen molar-refractivity contribution in [1.29, 1.82) is 0 Å². The Bertz CT molecular complexity index is 585. The van der Waals surface area contributed by atoms with Gasteiger partial charge in [-0.25, -0.2) is 4.98 Å². The molecular weight excluding hydrogens is 240 g/mol. The fourth-order valence-electron chi connectivity index (χ4n) is 1.68. The maximum atomic E-state index is 11.7. The lowest BCUT2D eigenvalue weighted by Gasteiger charge is -2.02. The van der Waals surface area contributed by atoms with Crippen LogP contribution < -0.4 is 5.32 Å². The number of aromatic nitrogens is 1. The number of benzene rings is 1. The average molecular weight is 256 g/mol. The lowest BCUT2D eigenvalue weighted by atomic mass is 10.1. The second-order valence-corrected chi connectivity index (χ2v) is 4.28. The monoisotopic (exact) mass is 256 g/mol. The minimum absolute atomic E-state index is 0.155. The van der Waals surface area contributed by atoms with Crippen LogP contribution in [-0.4, -0.2) is 10.9 Å². The lowest BCUT2D eigenvalue weighted by Crippen LogP contribution is -2.20. The van der Waals surface area contributed by atoms with Crippen LogP contribution in [0.15, 0.2) is 47.0 Å². The predicted octanol–water partition coefficient (Wildman–Crippen LogP) is 2.70. The molecule has 0 saturated heterocycles. The van der Waals surface area contributed by atoms with Gasteiger partial charge in [-0.2, -0.15) is 0 Å². The van der Waals surface area contributed by atoms with Crippen molar-refractivity contribution in [3.05, 3.63) is 59.8 Å². The van der Waals surface area contributed by atoms with Crippen molar-refractivity contribution in [2.75, 3.05) is 0 Å². The van der Waals surface area contributed by atoms with E-state index in [0.29, 0.717) is 12.4 Å². The van der Waals surface area contributed by atoms with Gasteiger partial charge in [0.2, 0.25) is 11.8 Å². The van der Waals surface area contributed by atoms with E-state index < -0.39 is 0 Å². The van der Waals surface area contributed by atoms with Crippen molar-refractivity contribution >= 4 is 11.5 Å². The van der Waals surface area contributed by atoms with Crippen LogP contribution in [0.2, 0.25) is 0 Å². The Morgan fingerprint density at radius 3 is 2.74 bits per heavy atom. The van der Waals surface area contributed by atoms with E-state index in [1.807, 2.05) is 44.2 Å². The molecule has 1 N–H and O–H groups in total. The first-order chi connectivity index (χ1) is 9.15. The molecule has 0 unspecified atom stereocenters. The summed E-state index contributed by atoms with van der Waals surface area (Å²) in [5, 5.41) is 2.74. The van der Waals surface area contributed by atoms with Crippen LogP contribution in [0.1, 0.15) is 24.1 Å². The molecule has 1 aromatic carbocycles.